The largest absolute Gasteiger partial charge is 0.443 e. The molecule has 0 aliphatic heterocycles. The maximum atomic E-state index is 12.4. The van der Waals surface area contributed by atoms with E-state index in [4.69, 9.17) is 11.6 Å². The van der Waals surface area contributed by atoms with Crippen LogP contribution in [-0.4, -0.2) is 15.8 Å². The average molecular weight is 340 g/mol. The van der Waals surface area contributed by atoms with E-state index in [1.54, 1.807) is 24.3 Å². The van der Waals surface area contributed by atoms with Crippen molar-refractivity contribution in [1.82, 2.24) is 4.98 Å². The number of thioether (sulfide) groups is 1. The van der Waals surface area contributed by atoms with E-state index in [9.17, 15) is 18.3 Å². The summed E-state index contributed by atoms with van der Waals surface area (Å²) in [5.41, 5.74) is 0. The van der Waals surface area contributed by atoms with Crippen molar-refractivity contribution in [3.63, 3.8) is 0 Å². The Morgan fingerprint density at radius 1 is 1.30 bits per heavy atom. The lowest BCUT2D eigenvalue weighted by molar-refractivity contribution is -0.137. The van der Waals surface area contributed by atoms with Gasteiger partial charge in [-0.25, -0.2) is 4.98 Å². The van der Waals surface area contributed by atoms with E-state index in [0.717, 1.165) is 11.1 Å². The normalized spacial score (nSPS) is 13.4. The molecule has 0 saturated carbocycles. The second kappa shape index (κ2) is 6.34. The summed E-state index contributed by atoms with van der Waals surface area (Å²) in [6.07, 6.45) is -4.38. The number of thiazole rings is 1. The molecule has 0 spiro atoms. The number of alkyl halides is 3. The van der Waals surface area contributed by atoms with E-state index in [1.165, 1.54) is 11.8 Å². The zero-order valence-corrected chi connectivity index (χ0v) is 12.3. The third kappa shape index (κ3) is 4.12. The number of aromatic nitrogens is 1. The maximum Gasteiger partial charge on any atom is 0.443 e. The molecule has 1 aromatic heterocycles. The second-order valence-electron chi connectivity index (χ2n) is 3.85. The highest BCUT2D eigenvalue weighted by atomic mass is 35.5. The van der Waals surface area contributed by atoms with Crippen LogP contribution in [0.4, 0.5) is 13.2 Å². The van der Waals surface area contributed by atoms with Gasteiger partial charge < -0.3 is 5.11 Å². The fourth-order valence-corrected chi connectivity index (χ4v) is 3.22. The van der Waals surface area contributed by atoms with Crippen LogP contribution in [0.2, 0.25) is 5.02 Å². The summed E-state index contributed by atoms with van der Waals surface area (Å²) in [7, 11) is 0. The molecule has 2 rings (SSSR count). The van der Waals surface area contributed by atoms with Crippen molar-refractivity contribution >= 4 is 34.7 Å². The van der Waals surface area contributed by atoms with Crippen LogP contribution >= 0.6 is 34.7 Å². The van der Waals surface area contributed by atoms with Crippen molar-refractivity contribution in [2.45, 2.75) is 17.2 Å². The first-order valence-corrected chi connectivity index (χ1v) is 7.63. The van der Waals surface area contributed by atoms with Crippen molar-refractivity contribution in [3.8, 4) is 0 Å². The number of hydrogen-bond donors (Lipinski definition) is 1. The predicted molar refractivity (Wildman–Crippen MR) is 74.3 cm³/mol. The first kappa shape index (κ1) is 15.6. The Morgan fingerprint density at radius 3 is 2.50 bits per heavy atom. The van der Waals surface area contributed by atoms with Gasteiger partial charge >= 0.3 is 6.18 Å². The quantitative estimate of drug-likeness (QED) is 0.824. The van der Waals surface area contributed by atoms with Crippen LogP contribution < -0.4 is 0 Å². The van der Waals surface area contributed by atoms with Gasteiger partial charge in [-0.3, -0.25) is 0 Å². The second-order valence-corrected chi connectivity index (χ2v) is 6.44. The molecule has 1 atom stereocenters. The Morgan fingerprint density at radius 2 is 1.95 bits per heavy atom. The molecule has 0 aliphatic carbocycles. The van der Waals surface area contributed by atoms with E-state index in [1.807, 2.05) is 0 Å². The van der Waals surface area contributed by atoms with Crippen molar-refractivity contribution in [1.29, 1.82) is 0 Å². The average Bonchev–Trinajstić information content (AvgIpc) is 2.87. The Kier molecular flexibility index (Phi) is 4.95. The molecular formula is C12H9ClF3NOS2. The molecule has 1 N–H and O–H groups in total. The SMILES string of the molecule is OC(CSc1ccc(Cl)cc1)c1cnc(C(F)(F)F)s1. The molecule has 8 heteroatoms. The Balaban J connectivity index is 1.96. The number of hydrogen-bond acceptors (Lipinski definition) is 4. The summed E-state index contributed by atoms with van der Waals surface area (Å²) < 4.78 is 37.2. The molecule has 0 aliphatic rings. The van der Waals surface area contributed by atoms with Gasteiger partial charge in [-0.15, -0.1) is 23.1 Å². The Labute approximate surface area is 126 Å². The third-order valence-corrected chi connectivity index (χ3v) is 4.80. The lowest BCUT2D eigenvalue weighted by Crippen LogP contribution is -2.03. The first-order chi connectivity index (χ1) is 9.36. The molecule has 0 fully saturated rings. The van der Waals surface area contributed by atoms with Crippen molar-refractivity contribution in [3.05, 3.63) is 45.4 Å². The van der Waals surface area contributed by atoms with Gasteiger partial charge in [0.05, 0.1) is 11.0 Å². The van der Waals surface area contributed by atoms with Gasteiger partial charge in [-0.2, -0.15) is 13.2 Å². The summed E-state index contributed by atoms with van der Waals surface area (Å²) in [5, 5.41) is 9.53. The van der Waals surface area contributed by atoms with E-state index >= 15 is 0 Å². The number of benzene rings is 1. The monoisotopic (exact) mass is 339 g/mol. The van der Waals surface area contributed by atoms with Crippen LogP contribution in [0.15, 0.2) is 35.4 Å². The lowest BCUT2D eigenvalue weighted by atomic mass is 10.4. The fourth-order valence-electron chi connectivity index (χ4n) is 1.36. The first-order valence-electron chi connectivity index (χ1n) is 5.45. The number of halogens is 4. The molecule has 1 aromatic carbocycles. The Bertz CT molecular complexity index is 571. The van der Waals surface area contributed by atoms with Crippen LogP contribution in [0.25, 0.3) is 0 Å². The third-order valence-electron chi connectivity index (χ3n) is 2.32. The number of nitrogens with zero attached hydrogens (tertiary/aromatic N) is 1. The highest BCUT2D eigenvalue weighted by Crippen LogP contribution is 2.35. The van der Waals surface area contributed by atoms with Crippen molar-refractivity contribution in [2.75, 3.05) is 5.75 Å². The minimum Gasteiger partial charge on any atom is -0.387 e. The zero-order chi connectivity index (χ0) is 14.8. The van der Waals surface area contributed by atoms with Crippen LogP contribution in [0, 0.1) is 0 Å². The molecule has 0 saturated heterocycles. The fraction of sp³-hybridized carbons (Fsp3) is 0.250. The lowest BCUT2D eigenvalue weighted by Gasteiger charge is -2.07. The van der Waals surface area contributed by atoms with Gasteiger partial charge in [0, 0.05) is 21.9 Å². The number of rotatable bonds is 4. The van der Waals surface area contributed by atoms with Gasteiger partial charge in [0.15, 0.2) is 5.01 Å². The van der Waals surface area contributed by atoms with Crippen LogP contribution in [-0.2, 0) is 6.18 Å². The van der Waals surface area contributed by atoms with E-state index < -0.39 is 17.3 Å². The predicted octanol–water partition coefficient (Wildman–Crippen LogP) is 4.64. The van der Waals surface area contributed by atoms with Gasteiger partial charge in [0.2, 0.25) is 0 Å². The van der Waals surface area contributed by atoms with E-state index in [-0.39, 0.29) is 10.6 Å². The summed E-state index contributed by atoms with van der Waals surface area (Å²) >= 11 is 7.55. The van der Waals surface area contributed by atoms with E-state index in [0.29, 0.717) is 16.4 Å². The molecule has 0 amide bonds. The summed E-state index contributed by atoms with van der Waals surface area (Å²) in [5.74, 6) is 0.251. The van der Waals surface area contributed by atoms with Crippen LogP contribution in [0.5, 0.6) is 0 Å². The summed E-state index contributed by atoms with van der Waals surface area (Å²) in [4.78, 5) is 4.37. The van der Waals surface area contributed by atoms with Crippen LogP contribution in [0.3, 0.4) is 0 Å². The smallest absolute Gasteiger partial charge is 0.387 e. The van der Waals surface area contributed by atoms with Gasteiger partial charge in [-0.1, -0.05) is 11.6 Å². The maximum absolute atomic E-state index is 12.4. The molecule has 1 heterocycles. The topological polar surface area (TPSA) is 33.1 Å². The number of aliphatic hydroxyl groups excluding tert-OH is 1. The molecule has 20 heavy (non-hydrogen) atoms. The molecular weight excluding hydrogens is 331 g/mol. The molecule has 0 bridgehead atoms. The highest BCUT2D eigenvalue weighted by Gasteiger charge is 2.35. The number of aliphatic hydroxyl groups is 1. The molecule has 2 nitrogen and oxygen atoms in total. The minimum atomic E-state index is -4.47. The van der Waals surface area contributed by atoms with Crippen molar-refractivity contribution < 1.29 is 18.3 Å². The Hall–Kier alpha value is -0.760. The zero-order valence-electron chi connectivity index (χ0n) is 9.89. The van der Waals surface area contributed by atoms with Crippen molar-refractivity contribution in [2.24, 2.45) is 0 Å². The van der Waals surface area contributed by atoms with Gasteiger partial charge in [-0.05, 0) is 24.3 Å². The van der Waals surface area contributed by atoms with E-state index in [2.05, 4.69) is 4.98 Å². The standard InChI is InChI=1S/C12H9ClF3NOS2/c13-7-1-3-8(4-2-7)19-6-9(18)10-5-17-11(20-10)12(14,15)16/h1-5,9,18H,6H2. The van der Waals surface area contributed by atoms with Gasteiger partial charge in [0.1, 0.15) is 0 Å². The minimum absolute atomic E-state index is 0.207. The molecule has 0 radical (unpaired) electrons. The highest BCUT2D eigenvalue weighted by molar-refractivity contribution is 7.99. The van der Waals surface area contributed by atoms with Crippen LogP contribution in [0.1, 0.15) is 16.0 Å². The summed E-state index contributed by atoms with van der Waals surface area (Å²) in [6.45, 7) is 0. The summed E-state index contributed by atoms with van der Waals surface area (Å²) in [6, 6.07) is 7.00. The van der Waals surface area contributed by atoms with Gasteiger partial charge in [0.25, 0.3) is 0 Å². The molecule has 108 valence electrons. The molecule has 2 aromatic rings. The molecule has 1 unspecified atom stereocenters.